The first-order chi connectivity index (χ1) is 10.4. The van der Waals surface area contributed by atoms with Gasteiger partial charge in [0.2, 0.25) is 15.9 Å². The highest BCUT2D eigenvalue weighted by atomic mass is 32.2. The first kappa shape index (κ1) is 17.7. The Labute approximate surface area is 133 Å². The lowest BCUT2D eigenvalue weighted by molar-refractivity contribution is -0.136. The molecule has 8 heteroatoms. The summed E-state index contributed by atoms with van der Waals surface area (Å²) in [6, 6.07) is 0. The van der Waals surface area contributed by atoms with Crippen LogP contribution >= 0.6 is 0 Å². The van der Waals surface area contributed by atoms with Gasteiger partial charge in [0.15, 0.2) is 0 Å². The highest BCUT2D eigenvalue weighted by molar-refractivity contribution is 7.89. The SMILES string of the molecule is CC(C)OCCS(=O)(=O)N1CCN(C(=O)C2CCNC2)CC1. The molecule has 2 aliphatic heterocycles. The van der Waals surface area contributed by atoms with Crippen LogP contribution in [0.5, 0.6) is 0 Å². The number of hydrogen-bond acceptors (Lipinski definition) is 5. The first-order valence-corrected chi connectivity index (χ1v) is 9.60. The molecule has 128 valence electrons. The summed E-state index contributed by atoms with van der Waals surface area (Å²) in [6.45, 7) is 7.35. The van der Waals surface area contributed by atoms with Crippen LogP contribution < -0.4 is 5.32 Å². The highest BCUT2D eigenvalue weighted by Gasteiger charge is 2.32. The Balaban J connectivity index is 1.79. The number of piperazine rings is 1. The monoisotopic (exact) mass is 333 g/mol. The molecule has 0 aromatic rings. The van der Waals surface area contributed by atoms with E-state index in [9.17, 15) is 13.2 Å². The first-order valence-electron chi connectivity index (χ1n) is 7.99. The summed E-state index contributed by atoms with van der Waals surface area (Å²) in [7, 11) is -3.29. The van der Waals surface area contributed by atoms with Crippen LogP contribution in [0, 0.1) is 5.92 Å². The molecule has 0 aromatic heterocycles. The number of nitrogens with zero attached hydrogens (tertiary/aromatic N) is 2. The van der Waals surface area contributed by atoms with Gasteiger partial charge in [-0.15, -0.1) is 0 Å². The maximum atomic E-state index is 12.3. The van der Waals surface area contributed by atoms with E-state index in [4.69, 9.17) is 4.74 Å². The molecule has 2 heterocycles. The second-order valence-electron chi connectivity index (χ2n) is 6.15. The zero-order chi connectivity index (χ0) is 16.2. The molecule has 22 heavy (non-hydrogen) atoms. The van der Waals surface area contributed by atoms with E-state index in [2.05, 4.69) is 5.32 Å². The van der Waals surface area contributed by atoms with Gasteiger partial charge in [0.05, 0.1) is 24.4 Å². The predicted molar refractivity (Wildman–Crippen MR) is 84.0 cm³/mol. The van der Waals surface area contributed by atoms with Gasteiger partial charge in [-0.05, 0) is 26.8 Å². The van der Waals surface area contributed by atoms with Gasteiger partial charge in [-0.2, -0.15) is 4.31 Å². The van der Waals surface area contributed by atoms with Crippen molar-refractivity contribution in [3.63, 3.8) is 0 Å². The van der Waals surface area contributed by atoms with Crippen LogP contribution in [0.1, 0.15) is 20.3 Å². The van der Waals surface area contributed by atoms with Crippen molar-refractivity contribution in [2.24, 2.45) is 5.92 Å². The Morgan fingerprint density at radius 2 is 1.95 bits per heavy atom. The average molecular weight is 333 g/mol. The van der Waals surface area contributed by atoms with Gasteiger partial charge < -0.3 is 15.0 Å². The number of carbonyl (C=O) groups excluding carboxylic acids is 1. The van der Waals surface area contributed by atoms with Gasteiger partial charge in [0.1, 0.15) is 0 Å². The molecule has 0 aliphatic carbocycles. The van der Waals surface area contributed by atoms with E-state index in [0.29, 0.717) is 26.2 Å². The van der Waals surface area contributed by atoms with Crippen LogP contribution in [0.15, 0.2) is 0 Å². The number of amides is 1. The molecule has 0 saturated carbocycles. The third-order valence-electron chi connectivity index (χ3n) is 4.15. The zero-order valence-corrected chi connectivity index (χ0v) is 14.3. The lowest BCUT2D eigenvalue weighted by Gasteiger charge is -2.35. The van der Waals surface area contributed by atoms with Gasteiger partial charge in [-0.1, -0.05) is 0 Å². The van der Waals surface area contributed by atoms with Crippen LogP contribution in [-0.4, -0.2) is 81.3 Å². The summed E-state index contributed by atoms with van der Waals surface area (Å²) < 4.78 is 31.3. The van der Waals surface area contributed by atoms with Crippen molar-refractivity contribution >= 4 is 15.9 Å². The van der Waals surface area contributed by atoms with Crippen molar-refractivity contribution in [1.82, 2.24) is 14.5 Å². The quantitative estimate of drug-likeness (QED) is 0.709. The number of rotatable bonds is 6. The Bertz CT molecular complexity index is 466. The number of sulfonamides is 1. The van der Waals surface area contributed by atoms with Gasteiger partial charge in [0.25, 0.3) is 0 Å². The third kappa shape index (κ3) is 4.65. The summed E-state index contributed by atoms with van der Waals surface area (Å²) in [5, 5.41) is 3.19. The lowest BCUT2D eigenvalue weighted by atomic mass is 10.1. The van der Waals surface area contributed by atoms with Crippen molar-refractivity contribution in [2.75, 3.05) is 51.6 Å². The van der Waals surface area contributed by atoms with Crippen molar-refractivity contribution < 1.29 is 17.9 Å². The van der Waals surface area contributed by atoms with Crippen molar-refractivity contribution in [3.8, 4) is 0 Å². The summed E-state index contributed by atoms with van der Waals surface area (Å²) in [5.41, 5.74) is 0. The van der Waals surface area contributed by atoms with E-state index in [1.807, 2.05) is 13.8 Å². The molecule has 0 spiro atoms. The maximum absolute atomic E-state index is 12.3. The van der Waals surface area contributed by atoms with E-state index >= 15 is 0 Å². The van der Waals surface area contributed by atoms with Gasteiger partial charge in [0, 0.05) is 32.7 Å². The minimum Gasteiger partial charge on any atom is -0.378 e. The summed E-state index contributed by atoms with van der Waals surface area (Å²) in [5.74, 6) is 0.221. The third-order valence-corrected chi connectivity index (χ3v) is 5.98. The fraction of sp³-hybridized carbons (Fsp3) is 0.929. The van der Waals surface area contributed by atoms with Gasteiger partial charge in [-0.3, -0.25) is 4.79 Å². The van der Waals surface area contributed by atoms with Crippen LogP contribution in [-0.2, 0) is 19.6 Å². The molecule has 1 atom stereocenters. The maximum Gasteiger partial charge on any atom is 0.227 e. The predicted octanol–water partition coefficient (Wildman–Crippen LogP) is -0.505. The summed E-state index contributed by atoms with van der Waals surface area (Å²) in [4.78, 5) is 14.1. The number of ether oxygens (including phenoxy) is 1. The van der Waals surface area contributed by atoms with Gasteiger partial charge in [-0.25, -0.2) is 8.42 Å². The topological polar surface area (TPSA) is 79.0 Å². The second kappa shape index (κ2) is 7.72. The molecule has 2 fully saturated rings. The minimum absolute atomic E-state index is 0.00563. The van der Waals surface area contributed by atoms with E-state index in [1.165, 1.54) is 4.31 Å². The Hall–Kier alpha value is -0.700. The number of hydrogen-bond donors (Lipinski definition) is 1. The second-order valence-corrected chi connectivity index (χ2v) is 8.24. The molecule has 7 nitrogen and oxygen atoms in total. The highest BCUT2D eigenvalue weighted by Crippen LogP contribution is 2.15. The van der Waals surface area contributed by atoms with E-state index in [-0.39, 0.29) is 30.3 Å². The van der Waals surface area contributed by atoms with Crippen LogP contribution in [0.25, 0.3) is 0 Å². The fourth-order valence-corrected chi connectivity index (χ4v) is 4.11. The van der Waals surface area contributed by atoms with Crippen molar-refractivity contribution in [1.29, 1.82) is 0 Å². The molecule has 1 N–H and O–H groups in total. The molecule has 1 amide bonds. The Kier molecular flexibility index (Phi) is 6.19. The van der Waals surface area contributed by atoms with Crippen LogP contribution in [0.3, 0.4) is 0 Å². The number of carbonyl (C=O) groups is 1. The van der Waals surface area contributed by atoms with Crippen LogP contribution in [0.2, 0.25) is 0 Å². The van der Waals surface area contributed by atoms with Crippen molar-refractivity contribution in [2.45, 2.75) is 26.4 Å². The normalized spacial score (nSPS) is 24.1. The molecule has 1 unspecified atom stereocenters. The fourth-order valence-electron chi connectivity index (χ4n) is 2.83. The molecule has 0 bridgehead atoms. The molecular formula is C14H27N3O4S. The molecular weight excluding hydrogens is 306 g/mol. The molecule has 2 saturated heterocycles. The Morgan fingerprint density at radius 1 is 1.27 bits per heavy atom. The average Bonchev–Trinajstić information content (AvgIpc) is 3.00. The lowest BCUT2D eigenvalue weighted by Crippen LogP contribution is -2.52. The standard InChI is InChI=1S/C14H27N3O4S/c1-12(2)21-9-10-22(19,20)17-7-5-16(6-8-17)14(18)13-3-4-15-11-13/h12-13,15H,3-11H2,1-2H3. The molecule has 2 aliphatic rings. The van der Waals surface area contributed by atoms with Gasteiger partial charge >= 0.3 is 0 Å². The van der Waals surface area contributed by atoms with Crippen molar-refractivity contribution in [3.05, 3.63) is 0 Å². The zero-order valence-electron chi connectivity index (χ0n) is 13.5. The van der Waals surface area contributed by atoms with Crippen LogP contribution in [0.4, 0.5) is 0 Å². The number of nitrogens with one attached hydrogen (secondary N) is 1. The van der Waals surface area contributed by atoms with E-state index < -0.39 is 10.0 Å². The largest absolute Gasteiger partial charge is 0.378 e. The van der Waals surface area contributed by atoms with E-state index in [1.54, 1.807) is 4.90 Å². The molecule has 2 rings (SSSR count). The minimum atomic E-state index is -3.29. The molecule has 0 radical (unpaired) electrons. The Morgan fingerprint density at radius 3 is 2.50 bits per heavy atom. The summed E-state index contributed by atoms with van der Waals surface area (Å²) >= 11 is 0. The smallest absolute Gasteiger partial charge is 0.227 e. The summed E-state index contributed by atoms with van der Waals surface area (Å²) in [6.07, 6.45) is 0.911. The molecule has 0 aromatic carbocycles. The van der Waals surface area contributed by atoms with E-state index in [0.717, 1.165) is 19.5 Å².